The van der Waals surface area contributed by atoms with E-state index in [1.54, 1.807) is 16.9 Å². The number of allylic oxidation sites excluding steroid dienone is 1. The van der Waals surface area contributed by atoms with Crippen LogP contribution in [0.1, 0.15) is 52.4 Å². The van der Waals surface area contributed by atoms with Gasteiger partial charge in [-0.15, -0.1) is 0 Å². The van der Waals surface area contributed by atoms with Crippen LogP contribution in [-0.4, -0.2) is 82.3 Å². The summed E-state index contributed by atoms with van der Waals surface area (Å²) in [6.45, 7) is 4.47. The first-order valence-corrected chi connectivity index (χ1v) is 11.2. The number of rotatable bonds is 4. The van der Waals surface area contributed by atoms with Crippen LogP contribution in [0.5, 0.6) is 0 Å². The highest BCUT2D eigenvalue weighted by molar-refractivity contribution is 7.80. The molecule has 2 saturated heterocycles. The molecule has 0 saturated carbocycles. The van der Waals surface area contributed by atoms with Gasteiger partial charge in [-0.1, -0.05) is 12.8 Å². The molecule has 0 aromatic carbocycles. The van der Waals surface area contributed by atoms with E-state index in [-0.39, 0.29) is 48.9 Å². The minimum absolute atomic E-state index is 0.0358. The first-order valence-electron chi connectivity index (χ1n) is 10.7. The van der Waals surface area contributed by atoms with Gasteiger partial charge in [0.25, 0.3) is 12.8 Å². The molecule has 1 unspecified atom stereocenters. The second-order valence-corrected chi connectivity index (χ2v) is 8.35. The standard InChI is InChI=1S/C21H30N3O6S/c1-15(2)28-12-11-23-16-9-10-22-13-29-17(25)7-5-3-4-6-8-18(26)30-14-24(21(23)31)20(27)19(16)22/h9-10,15,19H,3-8,11-14H2,1-2H3/q+1. The number of cyclic esters (lactones) is 2. The molecule has 2 fully saturated rings. The number of carbonyl (C=O) groups is 3. The van der Waals surface area contributed by atoms with E-state index in [2.05, 4.69) is 0 Å². The lowest BCUT2D eigenvalue weighted by Crippen LogP contribution is -2.60. The molecule has 0 radical (unpaired) electrons. The highest BCUT2D eigenvalue weighted by Gasteiger charge is 2.49. The topological polar surface area (TPSA) is 88.4 Å². The maximum Gasteiger partial charge on any atom is 0.310 e. The SMILES string of the molecule is CC(C)OCCN1C(=S)N2COC(=O)CCCCCCC(=O)OC[N+]3=CC=C1C3C2=O. The van der Waals surface area contributed by atoms with Gasteiger partial charge in [-0.2, -0.15) is 4.58 Å². The quantitative estimate of drug-likeness (QED) is 0.361. The van der Waals surface area contributed by atoms with Gasteiger partial charge in [0.05, 0.1) is 12.7 Å². The summed E-state index contributed by atoms with van der Waals surface area (Å²) in [6, 6.07) is -0.704. The van der Waals surface area contributed by atoms with Crippen LogP contribution in [0.4, 0.5) is 0 Å². The van der Waals surface area contributed by atoms with Crippen LogP contribution in [0.3, 0.4) is 0 Å². The Morgan fingerprint density at radius 2 is 1.81 bits per heavy atom. The lowest BCUT2D eigenvalue weighted by molar-refractivity contribution is -0.571. The molecule has 0 aliphatic carbocycles. The highest BCUT2D eigenvalue weighted by Crippen LogP contribution is 2.26. The minimum atomic E-state index is -0.704. The van der Waals surface area contributed by atoms with Crippen molar-refractivity contribution in [2.24, 2.45) is 0 Å². The van der Waals surface area contributed by atoms with Gasteiger partial charge in [0.15, 0.2) is 18.1 Å². The third kappa shape index (κ3) is 5.88. The van der Waals surface area contributed by atoms with Crippen LogP contribution in [0, 0.1) is 0 Å². The van der Waals surface area contributed by atoms with Gasteiger partial charge in [0.2, 0.25) is 0 Å². The first-order chi connectivity index (χ1) is 14.9. The smallest absolute Gasteiger partial charge is 0.310 e. The van der Waals surface area contributed by atoms with Crippen LogP contribution in [-0.2, 0) is 28.6 Å². The fourth-order valence-corrected chi connectivity index (χ4v) is 4.02. The Hall–Kier alpha value is -2.33. The summed E-state index contributed by atoms with van der Waals surface area (Å²) in [7, 11) is 0. The molecule has 3 rings (SSSR count). The van der Waals surface area contributed by atoms with Gasteiger partial charge < -0.3 is 19.1 Å². The van der Waals surface area contributed by atoms with Crippen molar-refractivity contribution in [3.8, 4) is 0 Å². The molecule has 3 heterocycles. The third-order valence-electron chi connectivity index (χ3n) is 5.33. The number of amides is 1. The van der Waals surface area contributed by atoms with E-state index in [4.69, 9.17) is 26.4 Å². The van der Waals surface area contributed by atoms with Crippen LogP contribution in [0.15, 0.2) is 11.8 Å². The summed E-state index contributed by atoms with van der Waals surface area (Å²) in [5, 5.41) is 0.265. The molecule has 31 heavy (non-hydrogen) atoms. The number of fused-ring (bicyclic) bond motifs is 1. The minimum Gasteiger partial charge on any atom is -0.444 e. The zero-order valence-corrected chi connectivity index (χ0v) is 18.9. The van der Waals surface area contributed by atoms with Gasteiger partial charge in [-0.05, 0) is 38.9 Å². The molecule has 3 aliphatic rings. The summed E-state index contributed by atoms with van der Waals surface area (Å²) in [5.74, 6) is -0.985. The van der Waals surface area contributed by atoms with Crippen LogP contribution >= 0.6 is 12.2 Å². The Morgan fingerprint density at radius 3 is 2.48 bits per heavy atom. The normalized spacial score (nSPS) is 23.5. The van der Waals surface area contributed by atoms with Crippen molar-refractivity contribution in [1.29, 1.82) is 0 Å². The lowest BCUT2D eigenvalue weighted by Gasteiger charge is -2.38. The molecule has 0 spiro atoms. The Labute approximate surface area is 187 Å². The Kier molecular flexibility index (Phi) is 8.14. The molecule has 170 valence electrons. The van der Waals surface area contributed by atoms with Crippen molar-refractivity contribution < 1.29 is 33.2 Å². The van der Waals surface area contributed by atoms with E-state index >= 15 is 0 Å². The fourth-order valence-electron chi connectivity index (χ4n) is 3.68. The van der Waals surface area contributed by atoms with E-state index in [0.717, 1.165) is 12.8 Å². The fraction of sp³-hybridized carbons (Fsp3) is 0.667. The highest BCUT2D eigenvalue weighted by atomic mass is 32.1. The summed E-state index contributed by atoms with van der Waals surface area (Å²) < 4.78 is 18.1. The Balaban J connectivity index is 1.80. The number of esters is 2. The number of hydrogen-bond donors (Lipinski definition) is 0. The van der Waals surface area contributed by atoms with Crippen molar-refractivity contribution in [2.75, 3.05) is 26.6 Å². The Morgan fingerprint density at radius 1 is 1.13 bits per heavy atom. The number of carbonyl (C=O) groups excluding carboxylic acids is 3. The van der Waals surface area contributed by atoms with Crippen molar-refractivity contribution in [3.63, 3.8) is 0 Å². The second kappa shape index (κ2) is 10.8. The van der Waals surface area contributed by atoms with Crippen LogP contribution < -0.4 is 0 Å². The van der Waals surface area contributed by atoms with E-state index in [1.807, 2.05) is 18.7 Å². The second-order valence-electron chi connectivity index (χ2n) is 7.98. The van der Waals surface area contributed by atoms with Gasteiger partial charge in [0, 0.05) is 25.5 Å². The molecule has 3 aliphatic heterocycles. The van der Waals surface area contributed by atoms with Gasteiger partial charge in [-0.3, -0.25) is 14.4 Å². The van der Waals surface area contributed by atoms with Crippen molar-refractivity contribution in [2.45, 2.75) is 64.5 Å². The Bertz CT molecular complexity index is 794. The largest absolute Gasteiger partial charge is 0.444 e. The molecule has 1 atom stereocenters. The van der Waals surface area contributed by atoms with Gasteiger partial charge in [-0.25, -0.2) is 4.90 Å². The zero-order valence-electron chi connectivity index (χ0n) is 18.1. The number of ether oxygens (including phenoxy) is 3. The predicted octanol–water partition coefficient (Wildman–Crippen LogP) is 1.55. The average Bonchev–Trinajstić information content (AvgIpc) is 3.14. The molecule has 1 amide bonds. The molecule has 10 heteroatoms. The monoisotopic (exact) mass is 452 g/mol. The molecular weight excluding hydrogens is 422 g/mol. The number of hydrogen-bond acceptors (Lipinski definition) is 7. The van der Waals surface area contributed by atoms with Crippen molar-refractivity contribution >= 4 is 41.4 Å². The molecule has 0 aromatic rings. The van der Waals surface area contributed by atoms with Crippen molar-refractivity contribution in [3.05, 3.63) is 11.8 Å². The van der Waals surface area contributed by atoms with Gasteiger partial charge >= 0.3 is 17.8 Å². The van der Waals surface area contributed by atoms with Crippen molar-refractivity contribution in [1.82, 2.24) is 9.80 Å². The number of nitrogens with zero attached hydrogens (tertiary/aromatic N) is 3. The lowest BCUT2D eigenvalue weighted by atomic mass is 10.1. The molecule has 0 N–H and O–H groups in total. The predicted molar refractivity (Wildman–Crippen MR) is 115 cm³/mol. The van der Waals surface area contributed by atoms with E-state index < -0.39 is 6.04 Å². The summed E-state index contributed by atoms with van der Waals surface area (Å²) in [4.78, 5) is 40.6. The van der Waals surface area contributed by atoms with Crippen LogP contribution in [0.2, 0.25) is 0 Å². The number of thiocarbonyl (C=S) groups is 1. The molecular formula is C21H30N3O6S+. The van der Waals surface area contributed by atoms with E-state index in [0.29, 0.717) is 38.1 Å². The summed E-state index contributed by atoms with van der Waals surface area (Å²) in [6.07, 6.45) is 7.20. The molecule has 0 aromatic heterocycles. The van der Waals surface area contributed by atoms with E-state index in [9.17, 15) is 14.4 Å². The summed E-state index contributed by atoms with van der Waals surface area (Å²) in [5.41, 5.74) is 0.696. The van der Waals surface area contributed by atoms with E-state index in [1.165, 1.54) is 4.90 Å². The third-order valence-corrected chi connectivity index (χ3v) is 5.77. The first kappa shape index (κ1) is 23.3. The van der Waals surface area contributed by atoms with Crippen LogP contribution in [0.25, 0.3) is 0 Å². The molecule has 9 nitrogen and oxygen atoms in total. The maximum absolute atomic E-state index is 13.3. The zero-order chi connectivity index (χ0) is 22.4. The molecule has 2 bridgehead atoms. The summed E-state index contributed by atoms with van der Waals surface area (Å²) >= 11 is 5.57. The maximum atomic E-state index is 13.3. The van der Waals surface area contributed by atoms with Gasteiger partial charge in [0.1, 0.15) is 5.70 Å². The average molecular weight is 453 g/mol.